The second kappa shape index (κ2) is 7.69. The van der Waals surface area contributed by atoms with Crippen LogP contribution in [0.5, 0.6) is 0 Å². The van der Waals surface area contributed by atoms with E-state index in [-0.39, 0.29) is 24.5 Å². The molecule has 0 aliphatic rings. The molecule has 2 amide bonds. The highest BCUT2D eigenvalue weighted by atomic mass is 32.1. The number of hydrogen-bond acceptors (Lipinski definition) is 4. The van der Waals surface area contributed by atoms with Crippen LogP contribution in [0.25, 0.3) is 0 Å². The highest BCUT2D eigenvalue weighted by Crippen LogP contribution is 2.17. The van der Waals surface area contributed by atoms with Gasteiger partial charge in [0.1, 0.15) is 0 Å². The van der Waals surface area contributed by atoms with E-state index in [9.17, 15) is 14.4 Å². The molecule has 0 atom stereocenters. The summed E-state index contributed by atoms with van der Waals surface area (Å²) in [5.74, 6) is -0.722. The highest BCUT2D eigenvalue weighted by molar-refractivity contribution is 7.14. The van der Waals surface area contributed by atoms with Crippen LogP contribution in [0.3, 0.4) is 0 Å². The zero-order chi connectivity index (χ0) is 16.8. The Bertz CT molecular complexity index is 737. The summed E-state index contributed by atoms with van der Waals surface area (Å²) in [7, 11) is 0. The van der Waals surface area contributed by atoms with E-state index >= 15 is 0 Å². The summed E-state index contributed by atoms with van der Waals surface area (Å²) in [6.07, 6.45) is 0.332. The molecule has 1 heterocycles. The number of nitrogens with two attached hydrogens (primary N) is 1. The standard InChI is InChI=1S/C17H18N2O3S/c1-11-5-7-15(23-11)14(20)6-8-16(21)19-10-12-3-2-4-13(9-12)17(18)22/h2-5,7,9H,6,8,10H2,1H3,(H2,18,22)(H,19,21). The number of primary amides is 1. The third-order valence-electron chi connectivity index (χ3n) is 3.30. The lowest BCUT2D eigenvalue weighted by atomic mass is 10.1. The number of hydrogen-bond donors (Lipinski definition) is 2. The van der Waals surface area contributed by atoms with Gasteiger partial charge in [-0.05, 0) is 36.8 Å². The van der Waals surface area contributed by atoms with Crippen molar-refractivity contribution in [2.24, 2.45) is 5.73 Å². The normalized spacial score (nSPS) is 10.3. The van der Waals surface area contributed by atoms with E-state index in [0.717, 1.165) is 10.4 Å². The maximum absolute atomic E-state index is 11.9. The van der Waals surface area contributed by atoms with E-state index in [0.29, 0.717) is 17.0 Å². The van der Waals surface area contributed by atoms with E-state index in [1.165, 1.54) is 11.3 Å². The van der Waals surface area contributed by atoms with Gasteiger partial charge in [0.05, 0.1) is 4.88 Å². The number of benzene rings is 1. The topological polar surface area (TPSA) is 89.3 Å². The number of carbonyl (C=O) groups is 3. The predicted molar refractivity (Wildman–Crippen MR) is 89.4 cm³/mol. The quantitative estimate of drug-likeness (QED) is 0.764. The van der Waals surface area contributed by atoms with Crippen molar-refractivity contribution in [3.05, 3.63) is 57.3 Å². The molecule has 0 aliphatic heterocycles. The monoisotopic (exact) mass is 330 g/mol. The van der Waals surface area contributed by atoms with Gasteiger partial charge in [0, 0.05) is 29.8 Å². The molecular weight excluding hydrogens is 312 g/mol. The number of ketones is 1. The molecule has 120 valence electrons. The third-order valence-corrected chi connectivity index (χ3v) is 4.34. The van der Waals surface area contributed by atoms with Crippen molar-refractivity contribution in [3.8, 4) is 0 Å². The van der Waals surface area contributed by atoms with Crippen molar-refractivity contribution in [3.63, 3.8) is 0 Å². The summed E-state index contributed by atoms with van der Waals surface area (Å²) in [6, 6.07) is 10.5. The number of amides is 2. The van der Waals surface area contributed by atoms with Crippen LogP contribution in [0.4, 0.5) is 0 Å². The van der Waals surface area contributed by atoms with Crippen molar-refractivity contribution in [2.75, 3.05) is 0 Å². The maximum Gasteiger partial charge on any atom is 0.248 e. The van der Waals surface area contributed by atoms with Crippen LogP contribution in [-0.4, -0.2) is 17.6 Å². The van der Waals surface area contributed by atoms with Gasteiger partial charge >= 0.3 is 0 Å². The highest BCUT2D eigenvalue weighted by Gasteiger charge is 2.11. The van der Waals surface area contributed by atoms with Gasteiger partial charge in [-0.2, -0.15) is 0 Å². The Morgan fingerprint density at radius 3 is 2.57 bits per heavy atom. The van der Waals surface area contributed by atoms with Crippen molar-refractivity contribution in [2.45, 2.75) is 26.3 Å². The first-order valence-corrected chi connectivity index (χ1v) is 8.02. The van der Waals surface area contributed by atoms with Gasteiger partial charge in [-0.1, -0.05) is 12.1 Å². The van der Waals surface area contributed by atoms with Gasteiger partial charge < -0.3 is 11.1 Å². The number of nitrogens with one attached hydrogen (secondary N) is 1. The Hall–Kier alpha value is -2.47. The largest absolute Gasteiger partial charge is 0.366 e. The molecule has 0 aliphatic carbocycles. The van der Waals surface area contributed by atoms with Gasteiger partial charge in [0.2, 0.25) is 11.8 Å². The molecule has 0 spiro atoms. The Morgan fingerprint density at radius 1 is 1.13 bits per heavy atom. The number of rotatable bonds is 7. The predicted octanol–water partition coefficient (Wildman–Crippen LogP) is 2.43. The Labute approximate surface area is 138 Å². The number of carbonyl (C=O) groups excluding carboxylic acids is 3. The smallest absolute Gasteiger partial charge is 0.248 e. The van der Waals surface area contributed by atoms with Crippen molar-refractivity contribution in [1.29, 1.82) is 0 Å². The first kappa shape index (κ1) is 16.9. The van der Waals surface area contributed by atoms with Crippen LogP contribution < -0.4 is 11.1 Å². The Morgan fingerprint density at radius 2 is 1.91 bits per heavy atom. The lowest BCUT2D eigenvalue weighted by molar-refractivity contribution is -0.121. The molecule has 1 aromatic heterocycles. The lowest BCUT2D eigenvalue weighted by Crippen LogP contribution is -2.23. The third kappa shape index (κ3) is 5.03. The molecule has 0 saturated carbocycles. The fourth-order valence-electron chi connectivity index (χ4n) is 2.06. The molecule has 0 saturated heterocycles. The first-order valence-electron chi connectivity index (χ1n) is 7.21. The van der Waals surface area contributed by atoms with Crippen LogP contribution in [-0.2, 0) is 11.3 Å². The Kier molecular flexibility index (Phi) is 5.65. The molecule has 3 N–H and O–H groups in total. The van der Waals surface area contributed by atoms with Gasteiger partial charge in [-0.3, -0.25) is 14.4 Å². The van der Waals surface area contributed by atoms with E-state index < -0.39 is 5.91 Å². The molecule has 0 unspecified atom stereocenters. The van der Waals surface area contributed by atoms with E-state index in [1.54, 1.807) is 30.3 Å². The zero-order valence-corrected chi connectivity index (χ0v) is 13.6. The maximum atomic E-state index is 11.9. The summed E-state index contributed by atoms with van der Waals surface area (Å²) >= 11 is 1.44. The fraction of sp³-hybridized carbons (Fsp3) is 0.235. The number of Topliss-reactive ketones (excluding diaryl/α,β-unsaturated/α-hetero) is 1. The molecule has 2 aromatic rings. The molecule has 6 heteroatoms. The van der Waals surface area contributed by atoms with Crippen molar-refractivity contribution < 1.29 is 14.4 Å². The zero-order valence-electron chi connectivity index (χ0n) is 12.8. The molecular formula is C17H18N2O3S. The summed E-state index contributed by atoms with van der Waals surface area (Å²) in [5.41, 5.74) is 6.40. The van der Waals surface area contributed by atoms with E-state index in [2.05, 4.69) is 5.32 Å². The minimum atomic E-state index is -0.505. The summed E-state index contributed by atoms with van der Waals surface area (Å²) in [5, 5.41) is 2.74. The van der Waals surface area contributed by atoms with Crippen LogP contribution in [0.1, 0.15) is 43.3 Å². The summed E-state index contributed by atoms with van der Waals surface area (Å²) < 4.78 is 0. The fourth-order valence-corrected chi connectivity index (χ4v) is 2.89. The lowest BCUT2D eigenvalue weighted by Gasteiger charge is -2.06. The van der Waals surface area contributed by atoms with Gasteiger partial charge in [-0.15, -0.1) is 11.3 Å². The second-order valence-electron chi connectivity index (χ2n) is 5.17. The molecule has 23 heavy (non-hydrogen) atoms. The average molecular weight is 330 g/mol. The minimum absolute atomic E-state index is 0.0195. The van der Waals surface area contributed by atoms with Gasteiger partial charge in [-0.25, -0.2) is 0 Å². The van der Waals surface area contributed by atoms with E-state index in [4.69, 9.17) is 5.73 Å². The molecule has 0 radical (unpaired) electrons. The Balaban J connectivity index is 1.80. The van der Waals surface area contributed by atoms with Crippen LogP contribution in [0, 0.1) is 6.92 Å². The van der Waals surface area contributed by atoms with Crippen LogP contribution in [0.2, 0.25) is 0 Å². The molecule has 0 bridgehead atoms. The van der Waals surface area contributed by atoms with Crippen LogP contribution >= 0.6 is 11.3 Å². The van der Waals surface area contributed by atoms with E-state index in [1.807, 2.05) is 13.0 Å². The second-order valence-corrected chi connectivity index (χ2v) is 6.46. The summed E-state index contributed by atoms with van der Waals surface area (Å²) in [6.45, 7) is 2.24. The SMILES string of the molecule is Cc1ccc(C(=O)CCC(=O)NCc2cccc(C(N)=O)c2)s1. The summed E-state index contributed by atoms with van der Waals surface area (Å²) in [4.78, 5) is 36.6. The van der Waals surface area contributed by atoms with Crippen molar-refractivity contribution in [1.82, 2.24) is 5.32 Å². The molecule has 1 aromatic carbocycles. The first-order chi connectivity index (χ1) is 11.0. The number of thiophene rings is 1. The van der Waals surface area contributed by atoms with Gasteiger partial charge in [0.15, 0.2) is 5.78 Å². The molecule has 0 fully saturated rings. The van der Waals surface area contributed by atoms with Gasteiger partial charge in [0.25, 0.3) is 0 Å². The molecule has 2 rings (SSSR count). The minimum Gasteiger partial charge on any atom is -0.366 e. The average Bonchev–Trinajstić information content (AvgIpc) is 2.97. The van der Waals surface area contributed by atoms with Crippen LogP contribution in [0.15, 0.2) is 36.4 Å². The molecule has 5 nitrogen and oxygen atoms in total. The number of aryl methyl sites for hydroxylation is 1. The van der Waals surface area contributed by atoms with Crippen molar-refractivity contribution >= 4 is 28.9 Å².